The second-order valence-corrected chi connectivity index (χ2v) is 6.61. The number of carbonyl (C=O) groups is 2. The molecule has 0 aromatic heterocycles. The van der Waals surface area contributed by atoms with Crippen LogP contribution in [0.1, 0.15) is 57.8 Å². The minimum Gasteiger partial charge on any atom is -0.338 e. The molecule has 3 fully saturated rings. The number of carbonyl (C=O) groups excluding carboxylic acids is 2. The van der Waals surface area contributed by atoms with Crippen molar-refractivity contribution in [3.05, 3.63) is 0 Å². The van der Waals surface area contributed by atoms with Crippen LogP contribution in [0.15, 0.2) is 0 Å². The van der Waals surface area contributed by atoms with E-state index in [-0.39, 0.29) is 11.8 Å². The van der Waals surface area contributed by atoms with Gasteiger partial charge in [0.2, 0.25) is 11.8 Å². The van der Waals surface area contributed by atoms with Gasteiger partial charge in [-0.25, -0.2) is 0 Å². The summed E-state index contributed by atoms with van der Waals surface area (Å²) in [5.41, 5.74) is 0. The van der Waals surface area contributed by atoms with Gasteiger partial charge in [-0.15, -0.1) is 0 Å². The standard InChI is InChI=1S/C16H26N2O2/c19-15-9-3-4-10-17(15)12-16(20)18-11-5-8-14(18)13-6-1-2-7-13/h13-14H,1-12H2/t14-/m1/s1. The number of nitrogens with zero attached hydrogens (tertiary/aromatic N) is 2. The van der Waals surface area contributed by atoms with Crippen molar-refractivity contribution in [2.45, 2.75) is 63.8 Å². The molecule has 20 heavy (non-hydrogen) atoms. The first-order chi connectivity index (χ1) is 9.75. The molecule has 112 valence electrons. The van der Waals surface area contributed by atoms with Crippen LogP contribution < -0.4 is 0 Å². The maximum Gasteiger partial charge on any atom is 0.242 e. The molecule has 0 aromatic rings. The summed E-state index contributed by atoms with van der Waals surface area (Å²) in [5, 5.41) is 0. The molecule has 0 radical (unpaired) electrons. The third-order valence-corrected chi connectivity index (χ3v) is 5.31. The van der Waals surface area contributed by atoms with E-state index in [4.69, 9.17) is 0 Å². The molecule has 1 saturated carbocycles. The molecule has 4 heteroatoms. The molecular formula is C16H26N2O2. The lowest BCUT2D eigenvalue weighted by Crippen LogP contribution is -2.47. The Labute approximate surface area is 121 Å². The van der Waals surface area contributed by atoms with Crippen LogP contribution in [0.3, 0.4) is 0 Å². The lowest BCUT2D eigenvalue weighted by atomic mass is 9.96. The Morgan fingerprint density at radius 1 is 1.00 bits per heavy atom. The van der Waals surface area contributed by atoms with Crippen molar-refractivity contribution in [3.63, 3.8) is 0 Å². The number of amides is 2. The van der Waals surface area contributed by atoms with Crippen LogP contribution in [0.4, 0.5) is 0 Å². The quantitative estimate of drug-likeness (QED) is 0.794. The van der Waals surface area contributed by atoms with Gasteiger partial charge in [0.05, 0.1) is 6.54 Å². The molecule has 4 nitrogen and oxygen atoms in total. The van der Waals surface area contributed by atoms with Crippen LogP contribution in [0, 0.1) is 5.92 Å². The van der Waals surface area contributed by atoms with E-state index < -0.39 is 0 Å². The van der Waals surface area contributed by atoms with Gasteiger partial charge in [0, 0.05) is 25.6 Å². The lowest BCUT2D eigenvalue weighted by molar-refractivity contribution is -0.142. The Balaban J connectivity index is 1.59. The Morgan fingerprint density at radius 3 is 2.55 bits per heavy atom. The molecule has 0 unspecified atom stereocenters. The van der Waals surface area contributed by atoms with E-state index in [1.54, 1.807) is 4.90 Å². The molecule has 0 spiro atoms. The third kappa shape index (κ3) is 2.84. The first-order valence-electron chi connectivity index (χ1n) is 8.33. The summed E-state index contributed by atoms with van der Waals surface area (Å²) in [6.45, 7) is 2.00. The molecule has 1 atom stereocenters. The molecule has 0 N–H and O–H groups in total. The average Bonchev–Trinajstić information content (AvgIpc) is 3.11. The zero-order chi connectivity index (χ0) is 13.9. The molecule has 3 rings (SSSR count). The van der Waals surface area contributed by atoms with Crippen LogP contribution in [0.5, 0.6) is 0 Å². The number of piperidine rings is 1. The van der Waals surface area contributed by atoms with Gasteiger partial charge in [-0.3, -0.25) is 9.59 Å². The van der Waals surface area contributed by atoms with Gasteiger partial charge in [-0.05, 0) is 44.4 Å². The zero-order valence-electron chi connectivity index (χ0n) is 12.4. The van der Waals surface area contributed by atoms with Crippen LogP contribution in [-0.4, -0.2) is 47.3 Å². The van der Waals surface area contributed by atoms with E-state index in [2.05, 4.69) is 4.90 Å². The highest BCUT2D eigenvalue weighted by Crippen LogP contribution is 2.35. The van der Waals surface area contributed by atoms with Gasteiger partial charge >= 0.3 is 0 Å². The summed E-state index contributed by atoms with van der Waals surface area (Å²) in [6, 6.07) is 0.463. The molecule has 2 saturated heterocycles. The molecule has 1 aliphatic carbocycles. The molecule has 0 aromatic carbocycles. The first-order valence-corrected chi connectivity index (χ1v) is 8.33. The first kappa shape index (κ1) is 13.9. The van der Waals surface area contributed by atoms with E-state index in [0.29, 0.717) is 19.0 Å². The van der Waals surface area contributed by atoms with Gasteiger partial charge in [0.25, 0.3) is 0 Å². The number of hydrogen-bond acceptors (Lipinski definition) is 2. The molecule has 2 heterocycles. The fourth-order valence-corrected chi connectivity index (χ4v) is 4.22. The average molecular weight is 278 g/mol. The molecule has 0 bridgehead atoms. The highest BCUT2D eigenvalue weighted by Gasteiger charge is 2.36. The fraction of sp³-hybridized carbons (Fsp3) is 0.875. The summed E-state index contributed by atoms with van der Waals surface area (Å²) in [6.07, 6.45) is 10.2. The van der Waals surface area contributed by atoms with E-state index >= 15 is 0 Å². The molecule has 2 aliphatic heterocycles. The van der Waals surface area contributed by atoms with Gasteiger partial charge in [-0.1, -0.05) is 12.8 Å². The van der Waals surface area contributed by atoms with Crippen molar-refractivity contribution in [1.82, 2.24) is 9.80 Å². The minimum absolute atomic E-state index is 0.168. The summed E-state index contributed by atoms with van der Waals surface area (Å²) in [7, 11) is 0. The number of hydrogen-bond donors (Lipinski definition) is 0. The summed E-state index contributed by atoms with van der Waals surface area (Å²) < 4.78 is 0. The Kier molecular flexibility index (Phi) is 4.27. The Morgan fingerprint density at radius 2 is 1.80 bits per heavy atom. The van der Waals surface area contributed by atoms with Crippen molar-refractivity contribution < 1.29 is 9.59 Å². The Hall–Kier alpha value is -1.06. The summed E-state index contributed by atoms with van der Waals surface area (Å²) in [5.74, 6) is 1.08. The predicted octanol–water partition coefficient (Wildman–Crippen LogP) is 2.18. The van der Waals surface area contributed by atoms with Crippen LogP contribution >= 0.6 is 0 Å². The Bertz CT molecular complexity index is 377. The number of likely N-dealkylation sites (tertiary alicyclic amines) is 2. The van der Waals surface area contributed by atoms with Gasteiger partial charge in [0.1, 0.15) is 0 Å². The number of rotatable bonds is 3. The summed E-state index contributed by atoms with van der Waals surface area (Å²) in [4.78, 5) is 28.3. The zero-order valence-corrected chi connectivity index (χ0v) is 12.4. The van der Waals surface area contributed by atoms with Gasteiger partial charge in [0.15, 0.2) is 0 Å². The normalized spacial score (nSPS) is 28.4. The summed E-state index contributed by atoms with van der Waals surface area (Å²) >= 11 is 0. The third-order valence-electron chi connectivity index (χ3n) is 5.31. The van der Waals surface area contributed by atoms with Crippen LogP contribution in [0.25, 0.3) is 0 Å². The predicted molar refractivity (Wildman–Crippen MR) is 77.1 cm³/mol. The molecular weight excluding hydrogens is 252 g/mol. The lowest BCUT2D eigenvalue weighted by Gasteiger charge is -2.33. The largest absolute Gasteiger partial charge is 0.338 e. The smallest absolute Gasteiger partial charge is 0.242 e. The van der Waals surface area contributed by atoms with E-state index in [1.807, 2.05) is 0 Å². The van der Waals surface area contributed by atoms with Gasteiger partial charge in [-0.2, -0.15) is 0 Å². The maximum absolute atomic E-state index is 12.6. The van der Waals surface area contributed by atoms with E-state index in [1.165, 1.54) is 32.1 Å². The van der Waals surface area contributed by atoms with E-state index in [9.17, 15) is 9.59 Å². The minimum atomic E-state index is 0.168. The highest BCUT2D eigenvalue weighted by atomic mass is 16.2. The van der Waals surface area contributed by atoms with Crippen LogP contribution in [0.2, 0.25) is 0 Å². The van der Waals surface area contributed by atoms with Crippen molar-refractivity contribution in [1.29, 1.82) is 0 Å². The van der Waals surface area contributed by atoms with Crippen molar-refractivity contribution in [2.24, 2.45) is 5.92 Å². The van der Waals surface area contributed by atoms with Gasteiger partial charge < -0.3 is 9.80 Å². The van der Waals surface area contributed by atoms with Crippen molar-refractivity contribution in [3.8, 4) is 0 Å². The van der Waals surface area contributed by atoms with Crippen LogP contribution in [-0.2, 0) is 9.59 Å². The highest BCUT2D eigenvalue weighted by molar-refractivity contribution is 5.85. The second-order valence-electron chi connectivity index (χ2n) is 6.61. The topological polar surface area (TPSA) is 40.6 Å². The monoisotopic (exact) mass is 278 g/mol. The molecule has 2 amide bonds. The molecule has 3 aliphatic rings. The fourth-order valence-electron chi connectivity index (χ4n) is 4.22. The van der Waals surface area contributed by atoms with E-state index in [0.717, 1.165) is 38.3 Å². The van der Waals surface area contributed by atoms with Crippen molar-refractivity contribution in [2.75, 3.05) is 19.6 Å². The SMILES string of the molecule is O=C1CCCCN1CC(=O)N1CCC[C@@H]1C1CCCC1. The maximum atomic E-state index is 12.6. The second kappa shape index (κ2) is 6.15. The van der Waals surface area contributed by atoms with Crippen molar-refractivity contribution >= 4 is 11.8 Å².